The minimum Gasteiger partial charge on any atom is -0.344 e. The molecule has 17 heavy (non-hydrogen) atoms. The average Bonchev–Trinajstić information content (AvgIpc) is 2.28. The van der Waals surface area contributed by atoms with Crippen molar-refractivity contribution in [2.45, 2.75) is 13.8 Å². The molecular weight excluding hydrogens is 215 g/mol. The van der Waals surface area contributed by atoms with E-state index >= 15 is 0 Å². The van der Waals surface area contributed by atoms with Gasteiger partial charge in [-0.25, -0.2) is 4.98 Å². The molecule has 0 amide bonds. The molecule has 0 bridgehead atoms. The maximum atomic E-state index is 13.1. The molecule has 0 atom stereocenters. The molecule has 0 radical (unpaired) electrons. The molecule has 0 unspecified atom stereocenters. The second-order valence-corrected chi connectivity index (χ2v) is 4.19. The SMILES string of the molecule is Cc1ccc(N(C)c2ccnc(F)c2)c(C)c1. The number of hydrogen-bond acceptors (Lipinski definition) is 2. The zero-order valence-electron chi connectivity index (χ0n) is 10.2. The van der Waals surface area contributed by atoms with Gasteiger partial charge in [-0.1, -0.05) is 17.7 Å². The number of rotatable bonds is 2. The van der Waals surface area contributed by atoms with E-state index in [4.69, 9.17) is 0 Å². The first-order chi connectivity index (χ1) is 8.08. The van der Waals surface area contributed by atoms with Crippen LogP contribution in [-0.4, -0.2) is 12.0 Å². The summed E-state index contributed by atoms with van der Waals surface area (Å²) >= 11 is 0. The maximum absolute atomic E-state index is 13.1. The molecule has 1 aromatic heterocycles. The molecule has 3 heteroatoms. The van der Waals surface area contributed by atoms with Crippen molar-refractivity contribution in [2.24, 2.45) is 0 Å². The van der Waals surface area contributed by atoms with Gasteiger partial charge in [-0.15, -0.1) is 0 Å². The Morgan fingerprint density at radius 3 is 2.53 bits per heavy atom. The summed E-state index contributed by atoms with van der Waals surface area (Å²) in [6.45, 7) is 4.11. The van der Waals surface area contributed by atoms with Crippen LogP contribution in [-0.2, 0) is 0 Å². The van der Waals surface area contributed by atoms with Crippen LogP contribution in [0.3, 0.4) is 0 Å². The summed E-state index contributed by atoms with van der Waals surface area (Å²) in [5.74, 6) is -0.459. The summed E-state index contributed by atoms with van der Waals surface area (Å²) in [6.07, 6.45) is 1.48. The first kappa shape index (κ1) is 11.6. The van der Waals surface area contributed by atoms with E-state index in [2.05, 4.69) is 31.0 Å². The number of aryl methyl sites for hydroxylation is 2. The number of halogens is 1. The fourth-order valence-corrected chi connectivity index (χ4v) is 1.92. The molecule has 0 aliphatic carbocycles. The smallest absolute Gasteiger partial charge is 0.214 e. The third-order valence-electron chi connectivity index (χ3n) is 2.81. The maximum Gasteiger partial charge on any atom is 0.214 e. The normalized spacial score (nSPS) is 10.4. The molecule has 2 aromatic rings. The van der Waals surface area contributed by atoms with Crippen molar-refractivity contribution in [3.63, 3.8) is 0 Å². The van der Waals surface area contributed by atoms with Crippen LogP contribution in [0.4, 0.5) is 15.8 Å². The Bertz CT molecular complexity index is 537. The van der Waals surface area contributed by atoms with Crippen molar-refractivity contribution in [2.75, 3.05) is 11.9 Å². The molecule has 0 fully saturated rings. The number of nitrogens with zero attached hydrogens (tertiary/aromatic N) is 2. The molecule has 1 heterocycles. The summed E-state index contributed by atoms with van der Waals surface area (Å²) in [5, 5.41) is 0. The zero-order chi connectivity index (χ0) is 12.4. The lowest BCUT2D eigenvalue weighted by Gasteiger charge is -2.21. The van der Waals surface area contributed by atoms with E-state index in [9.17, 15) is 4.39 Å². The van der Waals surface area contributed by atoms with Gasteiger partial charge in [0, 0.05) is 30.7 Å². The highest BCUT2D eigenvalue weighted by molar-refractivity contribution is 5.65. The number of pyridine rings is 1. The summed E-state index contributed by atoms with van der Waals surface area (Å²) in [4.78, 5) is 5.52. The number of aromatic nitrogens is 1. The lowest BCUT2D eigenvalue weighted by atomic mass is 10.1. The van der Waals surface area contributed by atoms with Crippen molar-refractivity contribution in [3.8, 4) is 0 Å². The average molecular weight is 230 g/mol. The van der Waals surface area contributed by atoms with E-state index in [-0.39, 0.29) is 0 Å². The van der Waals surface area contributed by atoms with Gasteiger partial charge in [0.15, 0.2) is 0 Å². The second kappa shape index (κ2) is 4.53. The Morgan fingerprint density at radius 1 is 1.12 bits per heavy atom. The Hall–Kier alpha value is -1.90. The zero-order valence-corrected chi connectivity index (χ0v) is 10.2. The molecule has 0 aliphatic rings. The molecule has 88 valence electrons. The molecule has 2 nitrogen and oxygen atoms in total. The van der Waals surface area contributed by atoms with Crippen LogP contribution in [0, 0.1) is 19.8 Å². The van der Waals surface area contributed by atoms with E-state index in [0.717, 1.165) is 11.4 Å². The molecule has 0 N–H and O–H groups in total. The van der Waals surface area contributed by atoms with Crippen LogP contribution in [0.1, 0.15) is 11.1 Å². The predicted octanol–water partition coefficient (Wildman–Crippen LogP) is 3.61. The van der Waals surface area contributed by atoms with Gasteiger partial charge in [-0.2, -0.15) is 4.39 Å². The monoisotopic (exact) mass is 230 g/mol. The van der Waals surface area contributed by atoms with Crippen molar-refractivity contribution in [1.82, 2.24) is 4.98 Å². The van der Waals surface area contributed by atoms with Crippen LogP contribution in [0.25, 0.3) is 0 Å². The molecule has 0 spiro atoms. The largest absolute Gasteiger partial charge is 0.344 e. The topological polar surface area (TPSA) is 16.1 Å². The minimum atomic E-state index is -0.459. The third-order valence-corrected chi connectivity index (χ3v) is 2.81. The number of anilines is 2. The summed E-state index contributed by atoms with van der Waals surface area (Å²) < 4.78 is 13.1. The highest BCUT2D eigenvalue weighted by Crippen LogP contribution is 2.27. The van der Waals surface area contributed by atoms with Gasteiger partial charge >= 0.3 is 0 Å². The quantitative estimate of drug-likeness (QED) is 0.733. The fraction of sp³-hybridized carbons (Fsp3) is 0.214. The molecule has 0 aliphatic heterocycles. The van der Waals surface area contributed by atoms with Crippen LogP contribution >= 0.6 is 0 Å². The van der Waals surface area contributed by atoms with Crippen molar-refractivity contribution in [3.05, 3.63) is 53.6 Å². The van der Waals surface area contributed by atoms with E-state index in [0.29, 0.717) is 0 Å². The summed E-state index contributed by atoms with van der Waals surface area (Å²) in [7, 11) is 1.92. The first-order valence-corrected chi connectivity index (χ1v) is 5.50. The lowest BCUT2D eigenvalue weighted by molar-refractivity contribution is 0.584. The van der Waals surface area contributed by atoms with Gasteiger partial charge in [0.05, 0.1) is 0 Å². The van der Waals surface area contributed by atoms with Gasteiger partial charge in [-0.3, -0.25) is 0 Å². The van der Waals surface area contributed by atoms with Gasteiger partial charge < -0.3 is 4.90 Å². The highest BCUT2D eigenvalue weighted by Gasteiger charge is 2.07. The molecule has 2 rings (SSSR count). The van der Waals surface area contributed by atoms with Crippen molar-refractivity contribution < 1.29 is 4.39 Å². The summed E-state index contributed by atoms with van der Waals surface area (Å²) in [5.41, 5.74) is 4.26. The van der Waals surface area contributed by atoms with Gasteiger partial charge in [-0.05, 0) is 31.5 Å². The Labute approximate surface area is 101 Å². The Balaban J connectivity index is 2.40. The van der Waals surface area contributed by atoms with Gasteiger partial charge in [0.25, 0.3) is 0 Å². The first-order valence-electron chi connectivity index (χ1n) is 5.50. The van der Waals surface area contributed by atoms with Gasteiger partial charge in [0.2, 0.25) is 5.95 Å². The number of hydrogen-bond donors (Lipinski definition) is 0. The Morgan fingerprint density at radius 2 is 1.88 bits per heavy atom. The van der Waals surface area contributed by atoms with Crippen LogP contribution in [0.2, 0.25) is 0 Å². The Kier molecular flexibility index (Phi) is 3.09. The second-order valence-electron chi connectivity index (χ2n) is 4.19. The predicted molar refractivity (Wildman–Crippen MR) is 68.2 cm³/mol. The highest BCUT2D eigenvalue weighted by atomic mass is 19.1. The van der Waals surface area contributed by atoms with Crippen molar-refractivity contribution in [1.29, 1.82) is 0 Å². The molecular formula is C14H15FN2. The standard InChI is InChI=1S/C14H15FN2/c1-10-4-5-13(11(2)8-10)17(3)12-6-7-16-14(15)9-12/h4-9H,1-3H3. The van der Waals surface area contributed by atoms with E-state index in [1.807, 2.05) is 18.0 Å². The number of benzene rings is 1. The fourth-order valence-electron chi connectivity index (χ4n) is 1.92. The van der Waals surface area contributed by atoms with Crippen LogP contribution < -0.4 is 4.90 Å². The molecule has 0 saturated carbocycles. The van der Waals surface area contributed by atoms with E-state index in [1.54, 1.807) is 6.07 Å². The van der Waals surface area contributed by atoms with Crippen molar-refractivity contribution >= 4 is 11.4 Å². The van der Waals surface area contributed by atoms with Gasteiger partial charge in [0.1, 0.15) is 0 Å². The summed E-state index contributed by atoms with van der Waals surface area (Å²) in [6, 6.07) is 9.43. The van der Waals surface area contributed by atoms with Crippen LogP contribution in [0.5, 0.6) is 0 Å². The minimum absolute atomic E-state index is 0.459. The van der Waals surface area contributed by atoms with E-state index < -0.39 is 5.95 Å². The van der Waals surface area contributed by atoms with E-state index in [1.165, 1.54) is 23.4 Å². The molecule has 1 aromatic carbocycles. The molecule has 0 saturated heterocycles. The lowest BCUT2D eigenvalue weighted by Crippen LogP contribution is -2.11. The third kappa shape index (κ3) is 2.44. The van der Waals surface area contributed by atoms with Crippen LogP contribution in [0.15, 0.2) is 36.5 Å².